The van der Waals surface area contributed by atoms with Crippen molar-refractivity contribution in [1.82, 2.24) is 10.2 Å². The Kier molecular flexibility index (Phi) is 10.00. The third-order valence-corrected chi connectivity index (χ3v) is 6.14. The molecule has 0 aliphatic rings. The van der Waals surface area contributed by atoms with Gasteiger partial charge >= 0.3 is 0 Å². The molecule has 0 aromatic heterocycles. The van der Waals surface area contributed by atoms with Crippen molar-refractivity contribution < 1.29 is 14.5 Å². The summed E-state index contributed by atoms with van der Waals surface area (Å²) in [5.41, 5.74) is 1.88. The first-order valence-electron chi connectivity index (χ1n) is 9.94. The highest BCUT2D eigenvalue weighted by molar-refractivity contribution is 9.10. The predicted octanol–water partition coefficient (Wildman–Crippen LogP) is 4.53. The molecule has 0 spiro atoms. The Balaban J connectivity index is 2.02. The molecule has 0 radical (unpaired) electrons. The molecule has 0 bridgehead atoms. The maximum absolute atomic E-state index is 13.0. The van der Waals surface area contributed by atoms with Gasteiger partial charge < -0.3 is 10.2 Å². The Bertz CT molecular complexity index is 891. The predicted molar refractivity (Wildman–Crippen MR) is 127 cm³/mol. The van der Waals surface area contributed by atoms with Gasteiger partial charge in [0.05, 0.1) is 10.7 Å². The number of thioether (sulfide) groups is 1. The number of hydrogen-bond donors (Lipinski definition) is 1. The van der Waals surface area contributed by atoms with Crippen LogP contribution in [0.5, 0.6) is 0 Å². The van der Waals surface area contributed by atoms with Crippen molar-refractivity contribution in [2.24, 2.45) is 0 Å². The van der Waals surface area contributed by atoms with E-state index in [0.717, 1.165) is 22.0 Å². The number of amides is 2. The first-order chi connectivity index (χ1) is 14.8. The third kappa shape index (κ3) is 7.99. The van der Waals surface area contributed by atoms with E-state index >= 15 is 0 Å². The van der Waals surface area contributed by atoms with E-state index in [9.17, 15) is 19.7 Å². The molecule has 0 aliphatic heterocycles. The van der Waals surface area contributed by atoms with Crippen LogP contribution < -0.4 is 5.32 Å². The van der Waals surface area contributed by atoms with Gasteiger partial charge in [0.2, 0.25) is 11.8 Å². The second-order valence-corrected chi connectivity index (χ2v) is 8.93. The van der Waals surface area contributed by atoms with Crippen LogP contribution in [0.4, 0.5) is 5.69 Å². The van der Waals surface area contributed by atoms with Crippen LogP contribution >= 0.6 is 27.7 Å². The smallest absolute Gasteiger partial charge is 0.269 e. The Morgan fingerprint density at radius 2 is 1.74 bits per heavy atom. The summed E-state index contributed by atoms with van der Waals surface area (Å²) in [6, 6.07) is 13.4. The second-order valence-electron chi connectivity index (χ2n) is 7.03. The largest absolute Gasteiger partial charge is 0.354 e. The summed E-state index contributed by atoms with van der Waals surface area (Å²) >= 11 is 4.82. The molecule has 1 atom stereocenters. The van der Waals surface area contributed by atoms with Crippen LogP contribution in [0.2, 0.25) is 0 Å². The first kappa shape index (κ1) is 24.9. The van der Waals surface area contributed by atoms with Crippen LogP contribution in [0.3, 0.4) is 0 Å². The number of carbonyl (C=O) groups is 2. The lowest BCUT2D eigenvalue weighted by Gasteiger charge is -2.28. The average molecular weight is 508 g/mol. The van der Waals surface area contributed by atoms with Crippen LogP contribution in [0.15, 0.2) is 53.0 Å². The number of halogens is 1. The van der Waals surface area contributed by atoms with Crippen molar-refractivity contribution in [1.29, 1.82) is 0 Å². The van der Waals surface area contributed by atoms with Crippen LogP contribution in [0.1, 0.15) is 31.4 Å². The molecule has 0 saturated carbocycles. The summed E-state index contributed by atoms with van der Waals surface area (Å²) in [5, 5.41) is 13.6. The number of non-ortho nitro benzene ring substituents is 1. The summed E-state index contributed by atoms with van der Waals surface area (Å²) in [6.45, 7) is 4.62. The maximum atomic E-state index is 13.0. The van der Waals surface area contributed by atoms with E-state index in [4.69, 9.17) is 0 Å². The fourth-order valence-corrected chi connectivity index (χ4v) is 3.95. The number of nitro groups is 1. The van der Waals surface area contributed by atoms with E-state index in [1.54, 1.807) is 24.0 Å². The van der Waals surface area contributed by atoms with E-state index in [-0.39, 0.29) is 23.3 Å². The number of nitrogens with zero attached hydrogens (tertiary/aromatic N) is 2. The molecule has 166 valence electrons. The summed E-state index contributed by atoms with van der Waals surface area (Å²) in [6.07, 6.45) is 0.824. The van der Waals surface area contributed by atoms with Crippen LogP contribution in [0, 0.1) is 10.1 Å². The van der Waals surface area contributed by atoms with Crippen molar-refractivity contribution in [3.8, 4) is 0 Å². The normalized spacial score (nSPS) is 11.6. The molecule has 1 N–H and O–H groups in total. The molecule has 0 aliphatic carbocycles. The topological polar surface area (TPSA) is 92.6 Å². The van der Waals surface area contributed by atoms with Crippen LogP contribution in [-0.2, 0) is 21.9 Å². The van der Waals surface area contributed by atoms with Gasteiger partial charge in [-0.3, -0.25) is 19.7 Å². The van der Waals surface area contributed by atoms with Gasteiger partial charge in [0, 0.05) is 35.4 Å². The molecule has 2 aromatic rings. The Labute approximate surface area is 194 Å². The maximum Gasteiger partial charge on any atom is 0.269 e. The van der Waals surface area contributed by atoms with Gasteiger partial charge in [-0.1, -0.05) is 47.1 Å². The van der Waals surface area contributed by atoms with E-state index in [1.165, 1.54) is 23.9 Å². The van der Waals surface area contributed by atoms with E-state index < -0.39 is 11.0 Å². The molecular weight excluding hydrogens is 482 g/mol. The molecule has 2 rings (SSSR count). The zero-order valence-corrected chi connectivity index (χ0v) is 19.9. The van der Waals surface area contributed by atoms with E-state index in [0.29, 0.717) is 18.8 Å². The molecule has 0 fully saturated rings. The highest BCUT2D eigenvalue weighted by Crippen LogP contribution is 2.19. The number of rotatable bonds is 11. The van der Waals surface area contributed by atoms with Crippen molar-refractivity contribution in [3.05, 3.63) is 74.2 Å². The SMILES string of the molecule is CCCNC(=O)[C@H](C)N(Cc1ccc(Br)cc1)C(=O)CSCc1ccc([N+](=O)[O-])cc1. The van der Waals surface area contributed by atoms with Crippen molar-refractivity contribution >= 4 is 45.2 Å². The first-order valence-corrected chi connectivity index (χ1v) is 11.9. The lowest BCUT2D eigenvalue weighted by atomic mass is 10.1. The van der Waals surface area contributed by atoms with Gasteiger partial charge in [0.15, 0.2) is 0 Å². The minimum atomic E-state index is -0.595. The van der Waals surface area contributed by atoms with Crippen LogP contribution in [-0.4, -0.2) is 40.0 Å². The minimum Gasteiger partial charge on any atom is -0.354 e. The van der Waals surface area contributed by atoms with Gasteiger partial charge in [0.1, 0.15) is 6.04 Å². The van der Waals surface area contributed by atoms with Gasteiger partial charge in [-0.2, -0.15) is 0 Å². The zero-order valence-electron chi connectivity index (χ0n) is 17.5. The summed E-state index contributed by atoms with van der Waals surface area (Å²) < 4.78 is 0.946. The zero-order chi connectivity index (χ0) is 22.8. The standard InChI is InChI=1S/C22H26BrN3O4S/c1-3-12-24-22(28)16(2)25(13-17-4-8-19(23)9-5-17)21(27)15-31-14-18-6-10-20(11-7-18)26(29)30/h4-11,16H,3,12-15H2,1-2H3,(H,24,28)/t16-/m0/s1. The van der Waals surface area contributed by atoms with Gasteiger partial charge in [-0.15, -0.1) is 11.8 Å². The molecule has 31 heavy (non-hydrogen) atoms. The molecule has 0 saturated heterocycles. The Morgan fingerprint density at radius 1 is 1.13 bits per heavy atom. The molecule has 0 heterocycles. The molecule has 0 unspecified atom stereocenters. The fourth-order valence-electron chi connectivity index (χ4n) is 2.82. The Hall–Kier alpha value is -2.39. The second kappa shape index (κ2) is 12.5. The lowest BCUT2D eigenvalue weighted by Crippen LogP contribution is -2.48. The summed E-state index contributed by atoms with van der Waals surface area (Å²) in [5.74, 6) is 0.451. The monoisotopic (exact) mass is 507 g/mol. The highest BCUT2D eigenvalue weighted by Gasteiger charge is 2.25. The summed E-state index contributed by atoms with van der Waals surface area (Å²) in [7, 11) is 0. The quantitative estimate of drug-likeness (QED) is 0.356. The van der Waals surface area contributed by atoms with E-state index in [1.807, 2.05) is 31.2 Å². The lowest BCUT2D eigenvalue weighted by molar-refractivity contribution is -0.384. The minimum absolute atomic E-state index is 0.0393. The van der Waals surface area contributed by atoms with E-state index in [2.05, 4.69) is 21.2 Å². The fraction of sp³-hybridized carbons (Fsp3) is 0.364. The molecule has 2 amide bonds. The molecule has 7 nitrogen and oxygen atoms in total. The average Bonchev–Trinajstić information content (AvgIpc) is 2.76. The number of nitro benzene ring substituents is 1. The van der Waals surface area contributed by atoms with Crippen molar-refractivity contribution in [2.45, 2.75) is 38.6 Å². The van der Waals surface area contributed by atoms with Crippen molar-refractivity contribution in [3.63, 3.8) is 0 Å². The van der Waals surface area contributed by atoms with Gasteiger partial charge in [0.25, 0.3) is 5.69 Å². The molecular formula is C22H26BrN3O4S. The highest BCUT2D eigenvalue weighted by atomic mass is 79.9. The third-order valence-electron chi connectivity index (χ3n) is 4.62. The molecule has 2 aromatic carbocycles. The number of benzene rings is 2. The molecule has 9 heteroatoms. The number of nitrogens with one attached hydrogen (secondary N) is 1. The number of carbonyl (C=O) groups excluding carboxylic acids is 2. The van der Waals surface area contributed by atoms with Gasteiger partial charge in [-0.05, 0) is 36.6 Å². The number of hydrogen-bond acceptors (Lipinski definition) is 5. The van der Waals surface area contributed by atoms with Crippen LogP contribution in [0.25, 0.3) is 0 Å². The van der Waals surface area contributed by atoms with Gasteiger partial charge in [-0.25, -0.2) is 0 Å². The van der Waals surface area contributed by atoms with Crippen molar-refractivity contribution in [2.75, 3.05) is 12.3 Å². The Morgan fingerprint density at radius 3 is 2.32 bits per heavy atom. The summed E-state index contributed by atoms with van der Waals surface area (Å²) in [4.78, 5) is 37.4.